The minimum atomic E-state index is 0.600. The topological polar surface area (TPSA) is 3.24 Å². The van der Waals surface area contributed by atoms with Crippen LogP contribution in [0.1, 0.15) is 36.5 Å². The Morgan fingerprint density at radius 2 is 2.00 bits per heavy atom. The van der Waals surface area contributed by atoms with Gasteiger partial charge < -0.3 is 0 Å². The van der Waals surface area contributed by atoms with E-state index < -0.39 is 0 Å². The lowest BCUT2D eigenvalue weighted by atomic mass is 9.96. The van der Waals surface area contributed by atoms with Gasteiger partial charge in [-0.15, -0.1) is 11.6 Å². The zero-order chi connectivity index (χ0) is 12.1. The fourth-order valence-electron chi connectivity index (χ4n) is 1.69. The normalized spacial score (nSPS) is 11.4. The highest BCUT2D eigenvalue weighted by Gasteiger charge is 2.04. The van der Waals surface area contributed by atoms with Gasteiger partial charge in [0.15, 0.2) is 0 Å². The third-order valence-electron chi connectivity index (χ3n) is 3.01. The second-order valence-electron chi connectivity index (χ2n) is 4.79. The summed E-state index contributed by atoms with van der Waals surface area (Å²) in [7, 11) is 2.05. The fourth-order valence-corrected chi connectivity index (χ4v) is 1.81. The van der Waals surface area contributed by atoms with Gasteiger partial charge in [0.2, 0.25) is 0 Å². The molecule has 16 heavy (non-hydrogen) atoms. The van der Waals surface area contributed by atoms with Crippen LogP contribution in [-0.2, 0) is 6.42 Å². The number of benzene rings is 1. The van der Waals surface area contributed by atoms with E-state index in [0.717, 1.165) is 13.0 Å². The van der Waals surface area contributed by atoms with Crippen molar-refractivity contribution in [2.24, 2.45) is 0 Å². The summed E-state index contributed by atoms with van der Waals surface area (Å²) in [5.74, 6) is 0.602. The van der Waals surface area contributed by atoms with Crippen LogP contribution in [0.5, 0.6) is 0 Å². The maximum Gasteiger partial charge on any atom is 0.0736 e. The summed E-state index contributed by atoms with van der Waals surface area (Å²) in [5.41, 5.74) is 4.25. The summed E-state index contributed by atoms with van der Waals surface area (Å²) >= 11 is 5.77. The van der Waals surface area contributed by atoms with Crippen molar-refractivity contribution >= 4 is 11.6 Å². The second-order valence-corrected chi connectivity index (χ2v) is 5.03. The van der Waals surface area contributed by atoms with Crippen LogP contribution in [0.3, 0.4) is 0 Å². The molecule has 90 valence electrons. The molecule has 0 aliphatic rings. The lowest BCUT2D eigenvalue weighted by molar-refractivity contribution is 0.393. The third-order valence-corrected chi connectivity index (χ3v) is 3.41. The Morgan fingerprint density at radius 3 is 2.56 bits per heavy atom. The van der Waals surface area contributed by atoms with Crippen LogP contribution in [0.4, 0.5) is 0 Å². The molecule has 0 aliphatic heterocycles. The molecule has 1 nitrogen and oxygen atoms in total. The molecule has 0 saturated carbocycles. The van der Waals surface area contributed by atoms with Crippen LogP contribution >= 0.6 is 11.6 Å². The molecule has 0 spiro atoms. The fraction of sp³-hybridized carbons (Fsp3) is 0.571. The van der Waals surface area contributed by atoms with Crippen LogP contribution in [0.25, 0.3) is 0 Å². The van der Waals surface area contributed by atoms with E-state index in [0.29, 0.717) is 11.9 Å². The van der Waals surface area contributed by atoms with E-state index in [-0.39, 0.29) is 0 Å². The molecule has 1 aromatic rings. The summed E-state index contributed by atoms with van der Waals surface area (Å²) in [6, 6.07) is 7.39. The van der Waals surface area contributed by atoms with E-state index in [2.05, 4.69) is 50.9 Å². The van der Waals surface area contributed by atoms with Gasteiger partial charge >= 0.3 is 0 Å². The maximum atomic E-state index is 5.77. The molecule has 0 N–H and O–H groups in total. The lowest BCUT2D eigenvalue weighted by Crippen LogP contribution is -2.19. The molecule has 0 radical (unpaired) electrons. The molecular formula is C14H22ClN. The van der Waals surface area contributed by atoms with E-state index in [1.54, 1.807) is 0 Å². The van der Waals surface area contributed by atoms with Gasteiger partial charge in [0.1, 0.15) is 0 Å². The van der Waals surface area contributed by atoms with Crippen molar-refractivity contribution in [1.29, 1.82) is 0 Å². The molecular weight excluding hydrogens is 218 g/mol. The molecule has 0 atom stereocenters. The number of rotatable bonds is 5. The first-order chi connectivity index (χ1) is 7.54. The van der Waals surface area contributed by atoms with Gasteiger partial charge in [-0.05, 0) is 43.0 Å². The number of hydrogen-bond donors (Lipinski definition) is 0. The molecule has 1 rings (SSSR count). The molecule has 0 heterocycles. The number of hydrogen-bond acceptors (Lipinski definition) is 1. The highest BCUT2D eigenvalue weighted by Crippen LogP contribution is 2.19. The lowest BCUT2D eigenvalue weighted by Gasteiger charge is -2.15. The molecule has 0 aromatic heterocycles. The van der Waals surface area contributed by atoms with Gasteiger partial charge in [0.25, 0.3) is 0 Å². The van der Waals surface area contributed by atoms with Gasteiger partial charge in [-0.3, -0.25) is 4.90 Å². The third kappa shape index (κ3) is 3.80. The number of likely N-dealkylation sites (N-methyl/N-ethyl adjacent to an activating group) is 1. The van der Waals surface area contributed by atoms with Crippen molar-refractivity contribution in [3.8, 4) is 0 Å². The van der Waals surface area contributed by atoms with Crippen LogP contribution in [0.15, 0.2) is 18.2 Å². The van der Waals surface area contributed by atoms with Crippen molar-refractivity contribution in [1.82, 2.24) is 4.90 Å². The predicted molar refractivity (Wildman–Crippen MR) is 72.3 cm³/mol. The molecule has 2 heteroatoms. The Balaban J connectivity index is 2.74. The molecule has 0 aliphatic carbocycles. The monoisotopic (exact) mass is 239 g/mol. The summed E-state index contributed by atoms with van der Waals surface area (Å²) < 4.78 is 0. The number of halogens is 1. The van der Waals surface area contributed by atoms with Gasteiger partial charge in [-0.25, -0.2) is 0 Å². The maximum absolute atomic E-state index is 5.77. The van der Waals surface area contributed by atoms with Crippen LogP contribution in [0, 0.1) is 6.92 Å². The SMILES string of the molecule is Cc1ccc(C(C)C)cc1CCN(C)CCl. The molecule has 1 aromatic carbocycles. The van der Waals surface area contributed by atoms with Gasteiger partial charge in [0.05, 0.1) is 6.00 Å². The Kier molecular flexibility index (Phi) is 5.30. The number of alkyl halides is 1. The van der Waals surface area contributed by atoms with E-state index in [1.807, 2.05) is 0 Å². The standard InChI is InChI=1S/C14H22ClN/c1-11(2)13-6-5-12(3)14(9-13)7-8-16(4)10-15/h5-6,9,11H,7-8,10H2,1-4H3. The Labute approximate surface area is 104 Å². The Bertz CT molecular complexity index is 334. The van der Waals surface area contributed by atoms with Gasteiger partial charge in [-0.1, -0.05) is 32.0 Å². The highest BCUT2D eigenvalue weighted by molar-refractivity contribution is 6.17. The second kappa shape index (κ2) is 6.27. The minimum Gasteiger partial charge on any atom is -0.293 e. The predicted octanol–water partition coefficient (Wildman–Crippen LogP) is 3.79. The Morgan fingerprint density at radius 1 is 1.31 bits per heavy atom. The largest absolute Gasteiger partial charge is 0.293 e. The smallest absolute Gasteiger partial charge is 0.0736 e. The van der Waals surface area contributed by atoms with E-state index in [4.69, 9.17) is 11.6 Å². The first-order valence-corrected chi connectivity index (χ1v) is 6.42. The van der Waals surface area contributed by atoms with Gasteiger partial charge in [-0.2, -0.15) is 0 Å². The summed E-state index contributed by atoms with van der Waals surface area (Å²) in [5, 5.41) is 0. The first kappa shape index (κ1) is 13.5. The van der Waals surface area contributed by atoms with Crippen molar-refractivity contribution in [2.75, 3.05) is 19.6 Å². The molecule has 0 unspecified atom stereocenters. The van der Waals surface area contributed by atoms with E-state index in [1.165, 1.54) is 16.7 Å². The summed E-state index contributed by atoms with van der Waals surface area (Å²) in [4.78, 5) is 2.13. The van der Waals surface area contributed by atoms with Gasteiger partial charge in [0, 0.05) is 6.54 Å². The zero-order valence-electron chi connectivity index (χ0n) is 10.8. The number of nitrogens with zero attached hydrogens (tertiary/aromatic N) is 1. The van der Waals surface area contributed by atoms with E-state index in [9.17, 15) is 0 Å². The van der Waals surface area contributed by atoms with Crippen molar-refractivity contribution in [3.05, 3.63) is 34.9 Å². The van der Waals surface area contributed by atoms with Crippen molar-refractivity contribution < 1.29 is 0 Å². The minimum absolute atomic E-state index is 0.600. The van der Waals surface area contributed by atoms with Crippen LogP contribution in [0.2, 0.25) is 0 Å². The first-order valence-electron chi connectivity index (χ1n) is 5.88. The van der Waals surface area contributed by atoms with Crippen LogP contribution < -0.4 is 0 Å². The van der Waals surface area contributed by atoms with E-state index >= 15 is 0 Å². The highest BCUT2D eigenvalue weighted by atomic mass is 35.5. The quantitative estimate of drug-likeness (QED) is 0.558. The molecule has 0 saturated heterocycles. The Hall–Kier alpha value is -0.530. The number of aryl methyl sites for hydroxylation is 1. The van der Waals surface area contributed by atoms with Crippen LogP contribution in [-0.4, -0.2) is 24.5 Å². The zero-order valence-corrected chi connectivity index (χ0v) is 11.5. The van der Waals surface area contributed by atoms with Crippen molar-refractivity contribution in [2.45, 2.75) is 33.1 Å². The average molecular weight is 240 g/mol. The summed E-state index contributed by atoms with van der Waals surface area (Å²) in [6.07, 6.45) is 1.08. The molecule has 0 amide bonds. The summed E-state index contributed by atoms with van der Waals surface area (Å²) in [6.45, 7) is 7.67. The molecule has 0 bridgehead atoms. The molecule has 0 fully saturated rings. The average Bonchev–Trinajstić information content (AvgIpc) is 2.27. The van der Waals surface area contributed by atoms with Crippen molar-refractivity contribution in [3.63, 3.8) is 0 Å².